The summed E-state index contributed by atoms with van der Waals surface area (Å²) in [6, 6.07) is 19.8. The minimum absolute atomic E-state index is 0.154. The van der Waals surface area contributed by atoms with Crippen LogP contribution in [0.3, 0.4) is 0 Å². The minimum Gasteiger partial charge on any atom is -0.385 e. The largest absolute Gasteiger partial charge is 0.385 e. The number of anilines is 2. The van der Waals surface area contributed by atoms with Gasteiger partial charge < -0.3 is 10.6 Å². The average Bonchev–Trinajstić information content (AvgIpc) is 2.67. The summed E-state index contributed by atoms with van der Waals surface area (Å²) in [5.74, 6) is -0.705. The molecule has 5 heteroatoms. The maximum Gasteiger partial charge on any atom is 0.228 e. The van der Waals surface area contributed by atoms with Gasteiger partial charge in [0.2, 0.25) is 5.91 Å². The first-order chi connectivity index (χ1) is 13.1. The first-order valence-electron chi connectivity index (χ1n) is 8.71. The summed E-state index contributed by atoms with van der Waals surface area (Å²) in [6.07, 6.45) is 0.981. The molecule has 0 aromatic heterocycles. The topological polar surface area (TPSA) is 41.1 Å². The van der Waals surface area contributed by atoms with Gasteiger partial charge in [-0.15, -0.1) is 0 Å². The van der Waals surface area contributed by atoms with Crippen LogP contribution in [0, 0.1) is 11.6 Å². The monoisotopic (exact) mass is 366 g/mol. The molecule has 0 bridgehead atoms. The lowest BCUT2D eigenvalue weighted by Gasteiger charge is -2.09. The van der Waals surface area contributed by atoms with Gasteiger partial charge in [-0.3, -0.25) is 4.79 Å². The van der Waals surface area contributed by atoms with Crippen LogP contribution in [-0.4, -0.2) is 12.5 Å². The molecule has 3 nitrogen and oxygen atoms in total. The first-order valence-corrected chi connectivity index (χ1v) is 8.71. The Labute approximate surface area is 157 Å². The maximum absolute atomic E-state index is 12.9. The third kappa shape index (κ3) is 5.92. The van der Waals surface area contributed by atoms with Gasteiger partial charge in [0, 0.05) is 17.9 Å². The van der Waals surface area contributed by atoms with Crippen molar-refractivity contribution in [1.29, 1.82) is 0 Å². The van der Waals surface area contributed by atoms with Crippen LogP contribution in [0.5, 0.6) is 0 Å². The molecule has 0 atom stereocenters. The number of amides is 1. The van der Waals surface area contributed by atoms with Crippen molar-refractivity contribution in [2.75, 3.05) is 17.2 Å². The van der Waals surface area contributed by atoms with Crippen molar-refractivity contribution < 1.29 is 13.6 Å². The van der Waals surface area contributed by atoms with E-state index in [9.17, 15) is 13.6 Å². The lowest BCUT2D eigenvalue weighted by Crippen LogP contribution is -2.14. The smallest absolute Gasteiger partial charge is 0.228 e. The Bertz CT molecular complexity index is 876. The van der Waals surface area contributed by atoms with Crippen LogP contribution in [0.25, 0.3) is 0 Å². The predicted molar refractivity (Wildman–Crippen MR) is 104 cm³/mol. The van der Waals surface area contributed by atoms with E-state index in [-0.39, 0.29) is 24.0 Å². The van der Waals surface area contributed by atoms with E-state index in [1.165, 1.54) is 24.3 Å². The van der Waals surface area contributed by atoms with Gasteiger partial charge in [-0.2, -0.15) is 0 Å². The number of carbonyl (C=O) groups is 1. The van der Waals surface area contributed by atoms with Gasteiger partial charge >= 0.3 is 0 Å². The molecular formula is C22H20F2N2O. The van der Waals surface area contributed by atoms with E-state index >= 15 is 0 Å². The zero-order valence-electron chi connectivity index (χ0n) is 14.7. The quantitative estimate of drug-likeness (QED) is 0.631. The Morgan fingerprint density at radius 3 is 1.81 bits per heavy atom. The maximum atomic E-state index is 12.9. The Morgan fingerprint density at radius 2 is 1.22 bits per heavy atom. The van der Waals surface area contributed by atoms with E-state index in [1.807, 2.05) is 24.3 Å². The van der Waals surface area contributed by atoms with E-state index < -0.39 is 0 Å². The summed E-state index contributed by atoms with van der Waals surface area (Å²) < 4.78 is 25.8. The number of halogens is 2. The standard InChI is InChI=1S/C22H20F2N2O/c23-18-5-1-16(2-6-18)13-14-25-20-9-11-21(12-10-20)26-22(27)15-17-3-7-19(24)8-4-17/h1-12,25H,13-15H2,(H,26,27). The molecule has 0 saturated carbocycles. The lowest BCUT2D eigenvalue weighted by atomic mass is 10.1. The van der Waals surface area contributed by atoms with Crippen molar-refractivity contribution in [1.82, 2.24) is 0 Å². The van der Waals surface area contributed by atoms with Crippen LogP contribution in [0.15, 0.2) is 72.8 Å². The van der Waals surface area contributed by atoms with Crippen LogP contribution in [-0.2, 0) is 17.6 Å². The van der Waals surface area contributed by atoms with Crippen molar-refractivity contribution in [2.24, 2.45) is 0 Å². The zero-order chi connectivity index (χ0) is 19.1. The second-order valence-electron chi connectivity index (χ2n) is 6.23. The fourth-order valence-corrected chi connectivity index (χ4v) is 2.67. The molecule has 2 N–H and O–H groups in total. The summed E-state index contributed by atoms with van der Waals surface area (Å²) >= 11 is 0. The van der Waals surface area contributed by atoms with Gasteiger partial charge in [0.25, 0.3) is 0 Å². The fraction of sp³-hybridized carbons (Fsp3) is 0.136. The molecule has 0 saturated heterocycles. The highest BCUT2D eigenvalue weighted by Gasteiger charge is 2.04. The van der Waals surface area contributed by atoms with E-state index in [2.05, 4.69) is 10.6 Å². The lowest BCUT2D eigenvalue weighted by molar-refractivity contribution is -0.115. The molecule has 0 aliphatic rings. The highest BCUT2D eigenvalue weighted by atomic mass is 19.1. The van der Waals surface area contributed by atoms with Gasteiger partial charge in [-0.25, -0.2) is 8.78 Å². The van der Waals surface area contributed by atoms with Crippen molar-refractivity contribution in [3.8, 4) is 0 Å². The van der Waals surface area contributed by atoms with Gasteiger partial charge in [0.15, 0.2) is 0 Å². The van der Waals surface area contributed by atoms with Crippen LogP contribution >= 0.6 is 0 Å². The van der Waals surface area contributed by atoms with Gasteiger partial charge in [0.05, 0.1) is 6.42 Å². The van der Waals surface area contributed by atoms with Crippen molar-refractivity contribution >= 4 is 17.3 Å². The molecule has 1 amide bonds. The number of carbonyl (C=O) groups excluding carboxylic acids is 1. The molecule has 0 unspecified atom stereocenters. The molecule has 3 aromatic rings. The molecule has 3 aromatic carbocycles. The summed E-state index contributed by atoms with van der Waals surface area (Å²) in [5, 5.41) is 6.11. The molecule has 0 fully saturated rings. The Balaban J connectivity index is 1.45. The van der Waals surface area contributed by atoms with Crippen molar-refractivity contribution in [3.05, 3.63) is 95.6 Å². The molecule has 138 valence electrons. The van der Waals surface area contributed by atoms with Gasteiger partial charge in [0.1, 0.15) is 11.6 Å². The third-order valence-electron chi connectivity index (χ3n) is 4.10. The first kappa shape index (κ1) is 18.6. The van der Waals surface area contributed by atoms with Crippen LogP contribution in [0.2, 0.25) is 0 Å². The van der Waals surface area contributed by atoms with E-state index in [4.69, 9.17) is 0 Å². The Morgan fingerprint density at radius 1 is 0.704 bits per heavy atom. The number of hydrogen-bond donors (Lipinski definition) is 2. The van der Waals surface area contributed by atoms with Crippen molar-refractivity contribution in [2.45, 2.75) is 12.8 Å². The third-order valence-corrected chi connectivity index (χ3v) is 4.10. The molecule has 0 heterocycles. The molecule has 3 rings (SSSR count). The number of rotatable bonds is 7. The summed E-state index contributed by atoms with van der Waals surface area (Å²) in [7, 11) is 0. The molecule has 0 aliphatic carbocycles. The summed E-state index contributed by atoms with van der Waals surface area (Å²) in [4.78, 5) is 12.1. The number of benzene rings is 3. The normalized spacial score (nSPS) is 10.4. The van der Waals surface area contributed by atoms with Gasteiger partial charge in [-0.1, -0.05) is 24.3 Å². The molecule has 0 aliphatic heterocycles. The average molecular weight is 366 g/mol. The highest BCUT2D eigenvalue weighted by molar-refractivity contribution is 5.92. The minimum atomic E-state index is -0.318. The van der Waals surface area contributed by atoms with Crippen LogP contribution < -0.4 is 10.6 Å². The summed E-state index contributed by atoms with van der Waals surface area (Å²) in [6.45, 7) is 0.724. The predicted octanol–water partition coefficient (Wildman–Crippen LogP) is 4.80. The fourth-order valence-electron chi connectivity index (χ4n) is 2.67. The second kappa shape index (κ2) is 8.94. The van der Waals surface area contributed by atoms with E-state index in [0.29, 0.717) is 5.69 Å². The number of hydrogen-bond acceptors (Lipinski definition) is 2. The van der Waals surface area contributed by atoms with Gasteiger partial charge in [-0.05, 0) is 66.1 Å². The Hall–Kier alpha value is -3.21. The van der Waals surface area contributed by atoms with E-state index in [0.717, 1.165) is 29.8 Å². The van der Waals surface area contributed by atoms with Crippen LogP contribution in [0.1, 0.15) is 11.1 Å². The highest BCUT2D eigenvalue weighted by Crippen LogP contribution is 2.14. The Kier molecular flexibility index (Phi) is 6.15. The summed E-state index contributed by atoms with van der Waals surface area (Å²) in [5.41, 5.74) is 3.46. The van der Waals surface area contributed by atoms with E-state index in [1.54, 1.807) is 24.3 Å². The van der Waals surface area contributed by atoms with Crippen LogP contribution in [0.4, 0.5) is 20.2 Å². The second-order valence-corrected chi connectivity index (χ2v) is 6.23. The molecule has 0 radical (unpaired) electrons. The van der Waals surface area contributed by atoms with Crippen molar-refractivity contribution in [3.63, 3.8) is 0 Å². The molecule has 0 spiro atoms. The number of nitrogens with one attached hydrogen (secondary N) is 2. The zero-order valence-corrected chi connectivity index (χ0v) is 14.7. The SMILES string of the molecule is O=C(Cc1ccc(F)cc1)Nc1ccc(NCCc2ccc(F)cc2)cc1. The molecule has 27 heavy (non-hydrogen) atoms. The molecular weight excluding hydrogens is 346 g/mol.